The number of nitrogens with one attached hydrogen (secondary N) is 1. The molecule has 0 aromatic heterocycles. The zero-order chi connectivity index (χ0) is 9.84. The van der Waals surface area contributed by atoms with Crippen LogP contribution in [0.3, 0.4) is 0 Å². The van der Waals surface area contributed by atoms with E-state index in [9.17, 15) is 13.6 Å². The van der Waals surface area contributed by atoms with Crippen molar-refractivity contribution in [3.8, 4) is 0 Å². The second-order valence-electron chi connectivity index (χ2n) is 2.47. The van der Waals surface area contributed by atoms with Crippen molar-refractivity contribution < 1.29 is 18.6 Å². The summed E-state index contributed by atoms with van der Waals surface area (Å²) in [6, 6.07) is 2.75. The number of carbonyl (C=O) groups is 1. The predicted molar refractivity (Wildman–Crippen MR) is 43.6 cm³/mol. The molecule has 0 bridgehead atoms. The molecule has 4 heteroatoms. The average Bonchev–Trinajstić information content (AvgIpc) is 2.09. The summed E-state index contributed by atoms with van der Waals surface area (Å²) >= 11 is 0. The predicted octanol–water partition coefficient (Wildman–Crippen LogP) is -0.0713. The number of benzene rings is 1. The Balaban J connectivity index is 3.05. The average molecular weight is 184 g/mol. The van der Waals surface area contributed by atoms with Crippen molar-refractivity contribution in [2.24, 2.45) is 0 Å². The van der Waals surface area contributed by atoms with E-state index in [1.165, 1.54) is 0 Å². The van der Waals surface area contributed by atoms with Gasteiger partial charge in [-0.3, -0.25) is 4.79 Å². The Hall–Kier alpha value is -1.58. The number of hydrogen-bond acceptors (Lipinski definition) is 1. The van der Waals surface area contributed by atoms with Crippen LogP contribution in [0.4, 0.5) is 8.78 Å². The minimum Gasteiger partial charge on any atom is -0.287 e. The highest BCUT2D eigenvalue weighted by Crippen LogP contribution is 2.09. The van der Waals surface area contributed by atoms with Crippen LogP contribution in [0, 0.1) is 11.6 Å². The number of hydrogen-bond donors (Lipinski definition) is 1. The number of ketones is 1. The second kappa shape index (κ2) is 3.89. The van der Waals surface area contributed by atoms with E-state index < -0.39 is 17.4 Å². The highest BCUT2D eigenvalue weighted by Gasteiger charge is 2.13. The van der Waals surface area contributed by atoms with Gasteiger partial charge in [0.05, 0.1) is 5.56 Å². The minimum atomic E-state index is -0.721. The molecular formula is C9H8F2NO+. The first-order valence-corrected chi connectivity index (χ1v) is 3.63. The van der Waals surface area contributed by atoms with Crippen LogP contribution in [0.2, 0.25) is 0 Å². The molecule has 1 aromatic carbocycles. The molecule has 0 saturated carbocycles. The molecule has 0 atom stereocenters. The largest absolute Gasteiger partial charge is 0.287 e. The first-order valence-electron chi connectivity index (χ1n) is 3.63. The van der Waals surface area contributed by atoms with Crippen molar-refractivity contribution in [3.05, 3.63) is 35.4 Å². The summed E-state index contributed by atoms with van der Waals surface area (Å²) in [5.41, 5.74) is -0.254. The van der Waals surface area contributed by atoms with Gasteiger partial charge >= 0.3 is 0 Å². The highest BCUT2D eigenvalue weighted by molar-refractivity contribution is 5.97. The van der Waals surface area contributed by atoms with Crippen molar-refractivity contribution in [2.45, 2.75) is 0 Å². The van der Waals surface area contributed by atoms with E-state index in [-0.39, 0.29) is 12.1 Å². The van der Waals surface area contributed by atoms with Crippen molar-refractivity contribution >= 4 is 12.5 Å². The number of halogens is 2. The lowest BCUT2D eigenvalue weighted by atomic mass is 10.1. The Bertz CT molecular complexity index is 349. The summed E-state index contributed by atoms with van der Waals surface area (Å²) in [6.07, 6.45) is 0. The van der Waals surface area contributed by atoms with Gasteiger partial charge in [0.25, 0.3) is 0 Å². The Labute approximate surface area is 73.9 Å². The summed E-state index contributed by atoms with van der Waals surface area (Å²) in [5.74, 6) is -1.87. The lowest BCUT2D eigenvalue weighted by Gasteiger charge is -1.97. The highest BCUT2D eigenvalue weighted by atomic mass is 19.1. The quantitative estimate of drug-likeness (QED) is 0.517. The molecule has 68 valence electrons. The third kappa shape index (κ3) is 2.18. The molecule has 0 radical (unpaired) electrons. The monoisotopic (exact) mass is 184 g/mol. The summed E-state index contributed by atoms with van der Waals surface area (Å²) in [7, 11) is 0. The van der Waals surface area contributed by atoms with Crippen LogP contribution in [0.1, 0.15) is 10.4 Å². The zero-order valence-electron chi connectivity index (χ0n) is 6.81. The van der Waals surface area contributed by atoms with Crippen LogP contribution in [0.15, 0.2) is 18.2 Å². The molecule has 1 N–H and O–H groups in total. The minimum absolute atomic E-state index is 0.111. The van der Waals surface area contributed by atoms with Gasteiger partial charge in [-0.1, -0.05) is 0 Å². The van der Waals surface area contributed by atoms with Crippen LogP contribution in [0.25, 0.3) is 0 Å². The molecule has 0 spiro atoms. The summed E-state index contributed by atoms with van der Waals surface area (Å²) in [4.78, 5) is 13.4. The Morgan fingerprint density at radius 2 is 2.15 bits per heavy atom. The van der Waals surface area contributed by atoms with E-state index in [0.29, 0.717) is 0 Å². The first kappa shape index (κ1) is 9.51. The molecule has 0 fully saturated rings. The topological polar surface area (TPSA) is 31.0 Å². The molecule has 0 aliphatic rings. The Morgan fingerprint density at radius 1 is 1.46 bits per heavy atom. The van der Waals surface area contributed by atoms with Crippen LogP contribution in [-0.4, -0.2) is 19.0 Å². The first-order chi connectivity index (χ1) is 6.15. The van der Waals surface area contributed by atoms with Gasteiger partial charge in [0.1, 0.15) is 18.4 Å². The number of rotatable bonds is 3. The molecule has 1 aromatic rings. The van der Waals surface area contributed by atoms with Gasteiger partial charge in [-0.25, -0.2) is 13.8 Å². The standard InChI is InChI=1S/C9H7F2NO/c1-12-5-9(13)7-4-6(10)2-3-8(7)11/h2-4H,1,5H2/p+1. The summed E-state index contributed by atoms with van der Waals surface area (Å²) in [5, 5.41) is 0. The summed E-state index contributed by atoms with van der Waals surface area (Å²) < 4.78 is 25.5. The van der Waals surface area contributed by atoms with E-state index in [0.717, 1.165) is 18.2 Å². The second-order valence-corrected chi connectivity index (χ2v) is 2.47. The molecule has 0 saturated heterocycles. The maximum Gasteiger partial charge on any atom is 0.229 e. The molecule has 13 heavy (non-hydrogen) atoms. The summed E-state index contributed by atoms with van der Waals surface area (Å²) in [6.45, 7) is 3.11. The van der Waals surface area contributed by atoms with E-state index >= 15 is 0 Å². The third-order valence-corrected chi connectivity index (χ3v) is 1.51. The van der Waals surface area contributed by atoms with Gasteiger partial charge in [0, 0.05) is 0 Å². The molecule has 0 aliphatic carbocycles. The lowest BCUT2D eigenvalue weighted by molar-refractivity contribution is -0.430. The van der Waals surface area contributed by atoms with Crippen molar-refractivity contribution in [2.75, 3.05) is 6.54 Å². The van der Waals surface area contributed by atoms with E-state index in [2.05, 4.69) is 11.7 Å². The molecule has 0 aliphatic heterocycles. The van der Waals surface area contributed by atoms with Crippen LogP contribution in [0.5, 0.6) is 0 Å². The van der Waals surface area contributed by atoms with Crippen molar-refractivity contribution in [1.29, 1.82) is 0 Å². The molecule has 0 unspecified atom stereocenters. The molecular weight excluding hydrogens is 176 g/mol. The van der Waals surface area contributed by atoms with Gasteiger partial charge in [-0.2, -0.15) is 0 Å². The lowest BCUT2D eigenvalue weighted by Crippen LogP contribution is -2.68. The van der Waals surface area contributed by atoms with Crippen molar-refractivity contribution in [3.63, 3.8) is 0 Å². The Kier molecular flexibility index (Phi) is 2.84. The van der Waals surface area contributed by atoms with Gasteiger partial charge in [-0.05, 0) is 18.2 Å². The van der Waals surface area contributed by atoms with Crippen LogP contribution >= 0.6 is 0 Å². The van der Waals surface area contributed by atoms with Crippen LogP contribution in [-0.2, 0) is 0 Å². The third-order valence-electron chi connectivity index (χ3n) is 1.51. The fourth-order valence-electron chi connectivity index (χ4n) is 0.920. The van der Waals surface area contributed by atoms with Crippen molar-refractivity contribution in [1.82, 2.24) is 0 Å². The van der Waals surface area contributed by atoms with E-state index in [1.807, 2.05) is 0 Å². The SMILES string of the molecule is C=[NH+]CC(=O)c1cc(F)ccc1F. The smallest absolute Gasteiger partial charge is 0.229 e. The molecule has 2 nitrogen and oxygen atoms in total. The van der Waals surface area contributed by atoms with Gasteiger partial charge in [-0.15, -0.1) is 0 Å². The maximum atomic E-state index is 12.9. The molecule has 0 amide bonds. The van der Waals surface area contributed by atoms with Crippen LogP contribution < -0.4 is 4.99 Å². The maximum absolute atomic E-state index is 12.9. The Morgan fingerprint density at radius 3 is 2.77 bits per heavy atom. The van der Waals surface area contributed by atoms with Gasteiger partial charge in [0.2, 0.25) is 12.3 Å². The van der Waals surface area contributed by atoms with E-state index in [4.69, 9.17) is 0 Å². The fourth-order valence-corrected chi connectivity index (χ4v) is 0.920. The molecule has 0 heterocycles. The molecule has 1 rings (SSSR count). The number of Topliss-reactive ketones (excluding diaryl/α,β-unsaturated/α-hetero) is 1. The van der Waals surface area contributed by atoms with E-state index in [1.54, 1.807) is 0 Å². The zero-order valence-corrected chi connectivity index (χ0v) is 6.81. The number of carbonyl (C=O) groups excluding carboxylic acids is 1. The normalized spacial score (nSPS) is 9.69. The van der Waals surface area contributed by atoms with Gasteiger partial charge in [0.15, 0.2) is 0 Å². The fraction of sp³-hybridized carbons (Fsp3) is 0.111. The van der Waals surface area contributed by atoms with Gasteiger partial charge < -0.3 is 0 Å².